The molecular formula is C20H18F3N5. The SMILES string of the molecule is FC(F)(F)c1ccc(Nc2cc(-c3ccncc3)nc([C@H]3CCNC3)n2)cc1. The van der Waals surface area contributed by atoms with Gasteiger partial charge in [0.1, 0.15) is 11.6 Å². The molecule has 0 bridgehead atoms. The number of rotatable bonds is 4. The van der Waals surface area contributed by atoms with Crippen molar-refractivity contribution in [3.05, 3.63) is 66.2 Å². The highest BCUT2D eigenvalue weighted by molar-refractivity contribution is 5.65. The molecule has 0 saturated carbocycles. The largest absolute Gasteiger partial charge is 0.416 e. The summed E-state index contributed by atoms with van der Waals surface area (Å²) in [7, 11) is 0. The maximum Gasteiger partial charge on any atom is 0.416 e. The van der Waals surface area contributed by atoms with E-state index in [1.54, 1.807) is 18.5 Å². The average Bonchev–Trinajstić information content (AvgIpc) is 3.23. The Hall–Kier alpha value is -3.00. The summed E-state index contributed by atoms with van der Waals surface area (Å²) >= 11 is 0. The summed E-state index contributed by atoms with van der Waals surface area (Å²) in [4.78, 5) is 13.3. The van der Waals surface area contributed by atoms with Gasteiger partial charge in [-0.15, -0.1) is 0 Å². The number of aromatic nitrogens is 3. The number of nitrogens with one attached hydrogen (secondary N) is 2. The van der Waals surface area contributed by atoms with Crippen LogP contribution in [0.3, 0.4) is 0 Å². The van der Waals surface area contributed by atoms with Crippen molar-refractivity contribution in [2.24, 2.45) is 0 Å². The average molecular weight is 385 g/mol. The molecule has 1 saturated heterocycles. The highest BCUT2D eigenvalue weighted by Gasteiger charge is 2.30. The van der Waals surface area contributed by atoms with Crippen LogP contribution in [-0.2, 0) is 6.18 Å². The van der Waals surface area contributed by atoms with Crippen LogP contribution in [0.15, 0.2) is 54.9 Å². The van der Waals surface area contributed by atoms with Crippen LogP contribution in [-0.4, -0.2) is 28.0 Å². The van der Waals surface area contributed by atoms with Crippen LogP contribution in [0.25, 0.3) is 11.3 Å². The normalized spacial score (nSPS) is 16.9. The zero-order valence-electron chi connectivity index (χ0n) is 14.9. The van der Waals surface area contributed by atoms with Gasteiger partial charge in [-0.25, -0.2) is 9.97 Å². The molecule has 1 atom stereocenters. The van der Waals surface area contributed by atoms with Gasteiger partial charge in [0.2, 0.25) is 0 Å². The van der Waals surface area contributed by atoms with Crippen molar-refractivity contribution < 1.29 is 13.2 Å². The fourth-order valence-electron chi connectivity index (χ4n) is 3.15. The second-order valence-electron chi connectivity index (χ2n) is 6.62. The van der Waals surface area contributed by atoms with Crippen LogP contribution in [0.1, 0.15) is 23.7 Å². The van der Waals surface area contributed by atoms with Crippen LogP contribution < -0.4 is 10.6 Å². The van der Waals surface area contributed by atoms with Crippen LogP contribution in [0.4, 0.5) is 24.7 Å². The number of benzene rings is 1. The molecule has 0 aliphatic carbocycles. The summed E-state index contributed by atoms with van der Waals surface area (Å²) in [6.07, 6.45) is -0.0292. The van der Waals surface area contributed by atoms with Crippen molar-refractivity contribution >= 4 is 11.5 Å². The molecule has 28 heavy (non-hydrogen) atoms. The minimum absolute atomic E-state index is 0.204. The highest BCUT2D eigenvalue weighted by atomic mass is 19.4. The first kappa shape index (κ1) is 18.4. The molecular weight excluding hydrogens is 367 g/mol. The Morgan fingerprint density at radius 2 is 1.75 bits per heavy atom. The number of halogens is 3. The standard InChI is InChI=1S/C20H18F3N5/c21-20(22,23)15-1-3-16(4-2-15)26-18-11-17(13-5-8-24-9-6-13)27-19(28-18)14-7-10-25-12-14/h1-6,8-9,11,14,25H,7,10,12H2,(H,26,27,28)/t14-/m0/s1. The minimum atomic E-state index is -4.36. The van der Waals surface area contributed by atoms with Gasteiger partial charge in [0.05, 0.1) is 11.3 Å². The van der Waals surface area contributed by atoms with Gasteiger partial charge in [-0.05, 0) is 49.4 Å². The third-order valence-corrected chi connectivity index (χ3v) is 4.63. The predicted molar refractivity (Wildman–Crippen MR) is 100 cm³/mol. The van der Waals surface area contributed by atoms with E-state index >= 15 is 0 Å². The molecule has 1 aliphatic heterocycles. The van der Waals surface area contributed by atoms with E-state index in [2.05, 4.69) is 20.6 Å². The number of nitrogens with zero attached hydrogens (tertiary/aromatic N) is 3. The van der Waals surface area contributed by atoms with E-state index in [9.17, 15) is 13.2 Å². The van der Waals surface area contributed by atoms with Crippen molar-refractivity contribution in [2.45, 2.75) is 18.5 Å². The van der Waals surface area contributed by atoms with Gasteiger partial charge < -0.3 is 10.6 Å². The van der Waals surface area contributed by atoms with E-state index in [0.717, 1.165) is 42.9 Å². The second kappa shape index (κ2) is 7.55. The van der Waals surface area contributed by atoms with Gasteiger partial charge in [0.25, 0.3) is 0 Å². The molecule has 3 aromatic rings. The summed E-state index contributed by atoms with van der Waals surface area (Å²) in [6, 6.07) is 10.4. The van der Waals surface area contributed by atoms with Gasteiger partial charge in [-0.3, -0.25) is 4.98 Å². The molecule has 2 aromatic heterocycles. The van der Waals surface area contributed by atoms with Crippen LogP contribution in [0, 0.1) is 0 Å². The highest BCUT2D eigenvalue weighted by Crippen LogP contribution is 2.31. The Labute approximate surface area is 160 Å². The molecule has 0 unspecified atom stereocenters. The van der Waals surface area contributed by atoms with Gasteiger partial charge >= 0.3 is 6.18 Å². The smallest absolute Gasteiger partial charge is 0.340 e. The first-order valence-electron chi connectivity index (χ1n) is 8.93. The van der Waals surface area contributed by atoms with Crippen molar-refractivity contribution in [2.75, 3.05) is 18.4 Å². The molecule has 1 aromatic carbocycles. The molecule has 0 spiro atoms. The first-order chi connectivity index (χ1) is 13.5. The summed E-state index contributed by atoms with van der Waals surface area (Å²) in [5.41, 5.74) is 1.49. The molecule has 2 N–H and O–H groups in total. The van der Waals surface area contributed by atoms with Crippen LogP contribution in [0.2, 0.25) is 0 Å². The third-order valence-electron chi connectivity index (χ3n) is 4.63. The van der Waals surface area contributed by atoms with Crippen molar-refractivity contribution in [3.8, 4) is 11.3 Å². The van der Waals surface area contributed by atoms with Crippen LogP contribution in [0.5, 0.6) is 0 Å². The van der Waals surface area contributed by atoms with E-state index in [1.807, 2.05) is 12.1 Å². The molecule has 0 amide bonds. The first-order valence-corrected chi connectivity index (χ1v) is 8.93. The van der Waals surface area contributed by atoms with Crippen molar-refractivity contribution in [1.82, 2.24) is 20.3 Å². The molecule has 0 radical (unpaired) electrons. The lowest BCUT2D eigenvalue weighted by atomic mass is 10.1. The zero-order valence-corrected chi connectivity index (χ0v) is 14.9. The topological polar surface area (TPSA) is 62.7 Å². The Kier molecular flexibility index (Phi) is 4.95. The molecule has 4 rings (SSSR count). The summed E-state index contributed by atoms with van der Waals surface area (Å²) in [6.45, 7) is 1.72. The third kappa shape index (κ3) is 4.12. The van der Waals surface area contributed by atoms with Crippen LogP contribution >= 0.6 is 0 Å². The fraction of sp³-hybridized carbons (Fsp3) is 0.250. The molecule has 5 nitrogen and oxygen atoms in total. The summed E-state index contributed by atoms with van der Waals surface area (Å²) < 4.78 is 38.3. The van der Waals surface area contributed by atoms with Gasteiger partial charge in [-0.2, -0.15) is 13.2 Å². The van der Waals surface area contributed by atoms with E-state index in [4.69, 9.17) is 4.98 Å². The quantitative estimate of drug-likeness (QED) is 0.698. The second-order valence-corrected chi connectivity index (χ2v) is 6.62. The number of pyridine rings is 1. The lowest BCUT2D eigenvalue weighted by Gasteiger charge is -2.14. The molecule has 8 heteroatoms. The fourth-order valence-corrected chi connectivity index (χ4v) is 3.15. The number of anilines is 2. The summed E-state index contributed by atoms with van der Waals surface area (Å²) in [5, 5.41) is 6.40. The minimum Gasteiger partial charge on any atom is -0.340 e. The van der Waals surface area contributed by atoms with Crippen molar-refractivity contribution in [3.63, 3.8) is 0 Å². The maximum atomic E-state index is 12.8. The van der Waals surface area contributed by atoms with E-state index < -0.39 is 11.7 Å². The monoisotopic (exact) mass is 385 g/mol. The Balaban J connectivity index is 1.66. The van der Waals surface area contributed by atoms with Gasteiger partial charge in [0.15, 0.2) is 0 Å². The Bertz CT molecular complexity index is 936. The Morgan fingerprint density at radius 3 is 2.39 bits per heavy atom. The Morgan fingerprint density at radius 1 is 1.00 bits per heavy atom. The number of hydrogen-bond acceptors (Lipinski definition) is 5. The van der Waals surface area contributed by atoms with E-state index in [-0.39, 0.29) is 5.92 Å². The van der Waals surface area contributed by atoms with E-state index in [0.29, 0.717) is 17.3 Å². The molecule has 3 heterocycles. The zero-order chi connectivity index (χ0) is 19.6. The molecule has 1 aliphatic rings. The number of hydrogen-bond donors (Lipinski definition) is 2. The van der Waals surface area contributed by atoms with Gasteiger partial charge in [-0.1, -0.05) is 0 Å². The predicted octanol–water partition coefficient (Wildman–Crippen LogP) is 4.38. The van der Waals surface area contributed by atoms with Crippen molar-refractivity contribution in [1.29, 1.82) is 0 Å². The van der Waals surface area contributed by atoms with Gasteiger partial charge in [0, 0.05) is 42.2 Å². The van der Waals surface area contributed by atoms with E-state index in [1.165, 1.54) is 12.1 Å². The molecule has 1 fully saturated rings. The summed E-state index contributed by atoms with van der Waals surface area (Å²) in [5.74, 6) is 1.46. The molecule has 144 valence electrons. The lowest BCUT2D eigenvalue weighted by Crippen LogP contribution is -2.11. The number of alkyl halides is 3. The lowest BCUT2D eigenvalue weighted by molar-refractivity contribution is -0.137. The maximum absolute atomic E-state index is 12.8.